The molecule has 1 N–H and O–H groups in total. The van der Waals surface area contributed by atoms with E-state index in [9.17, 15) is 0 Å². The van der Waals surface area contributed by atoms with E-state index in [-0.39, 0.29) is 0 Å². The largest absolute Gasteiger partial charge is 0.357 e. The third-order valence-corrected chi connectivity index (χ3v) is 4.12. The highest BCUT2D eigenvalue weighted by Crippen LogP contribution is 2.29. The summed E-state index contributed by atoms with van der Waals surface area (Å²) >= 11 is 2.05. The number of hydrogen-bond acceptors (Lipinski definition) is 5. The Balaban J connectivity index is 2.26. The molecule has 17 heavy (non-hydrogen) atoms. The molecule has 4 nitrogen and oxygen atoms in total. The van der Waals surface area contributed by atoms with Crippen molar-refractivity contribution in [2.75, 3.05) is 30.4 Å². The Morgan fingerprint density at radius 3 is 2.59 bits per heavy atom. The summed E-state index contributed by atoms with van der Waals surface area (Å²) < 4.78 is 0. The fourth-order valence-corrected chi connectivity index (χ4v) is 3.55. The zero-order valence-corrected chi connectivity index (χ0v) is 11.7. The Kier molecular flexibility index (Phi) is 3.76. The van der Waals surface area contributed by atoms with Crippen molar-refractivity contribution in [1.29, 1.82) is 0 Å². The first-order valence-electron chi connectivity index (χ1n) is 6.02. The predicted molar refractivity (Wildman–Crippen MR) is 75.0 cm³/mol. The predicted octanol–water partition coefficient (Wildman–Crippen LogP) is 2.16. The summed E-state index contributed by atoms with van der Waals surface area (Å²) in [6.07, 6.45) is 1.89. The van der Waals surface area contributed by atoms with Crippen LogP contribution in [0.5, 0.6) is 0 Å². The van der Waals surface area contributed by atoms with Crippen molar-refractivity contribution < 1.29 is 0 Å². The molecule has 1 aromatic rings. The van der Waals surface area contributed by atoms with Gasteiger partial charge in [0.1, 0.15) is 5.82 Å². The molecule has 1 aliphatic rings. The second-order valence-corrected chi connectivity index (χ2v) is 6.49. The number of rotatable bonds is 2. The van der Waals surface area contributed by atoms with Gasteiger partial charge < -0.3 is 10.2 Å². The van der Waals surface area contributed by atoms with Gasteiger partial charge in [-0.25, -0.2) is 4.98 Å². The zero-order valence-electron chi connectivity index (χ0n) is 10.9. The van der Waals surface area contributed by atoms with E-state index in [4.69, 9.17) is 0 Å². The molecule has 5 heteroatoms. The van der Waals surface area contributed by atoms with Gasteiger partial charge in [0.05, 0.1) is 0 Å². The zero-order chi connectivity index (χ0) is 12.4. The molecule has 0 bridgehead atoms. The van der Waals surface area contributed by atoms with E-state index in [1.165, 1.54) is 0 Å². The second kappa shape index (κ2) is 5.12. The fraction of sp³-hybridized carbons (Fsp3) is 0.667. The molecule has 2 rings (SSSR count). The van der Waals surface area contributed by atoms with Gasteiger partial charge in [-0.2, -0.15) is 16.7 Å². The van der Waals surface area contributed by atoms with Crippen molar-refractivity contribution >= 4 is 23.5 Å². The molecular weight excluding hydrogens is 232 g/mol. The van der Waals surface area contributed by atoms with Gasteiger partial charge in [0.15, 0.2) is 0 Å². The molecule has 0 aliphatic carbocycles. The summed E-state index contributed by atoms with van der Waals surface area (Å²) in [6.45, 7) is 8.77. The number of aryl methyl sites for hydroxylation is 1. The van der Waals surface area contributed by atoms with Crippen molar-refractivity contribution in [2.45, 2.75) is 31.3 Å². The highest BCUT2D eigenvalue weighted by molar-refractivity contribution is 8.00. The van der Waals surface area contributed by atoms with Crippen LogP contribution in [-0.2, 0) is 0 Å². The molecule has 1 saturated heterocycles. The number of nitrogens with one attached hydrogen (secondary N) is 1. The molecule has 0 amide bonds. The fourth-order valence-electron chi connectivity index (χ4n) is 2.22. The summed E-state index contributed by atoms with van der Waals surface area (Å²) in [6, 6.07) is 0. The number of anilines is 2. The van der Waals surface area contributed by atoms with Gasteiger partial charge in [0.25, 0.3) is 0 Å². The Bertz CT molecular complexity index is 386. The van der Waals surface area contributed by atoms with Crippen LogP contribution in [0.2, 0.25) is 0 Å². The van der Waals surface area contributed by atoms with Crippen LogP contribution >= 0.6 is 11.8 Å². The van der Waals surface area contributed by atoms with Gasteiger partial charge >= 0.3 is 0 Å². The number of hydrogen-bond donors (Lipinski definition) is 1. The summed E-state index contributed by atoms with van der Waals surface area (Å²) in [4.78, 5) is 11.2. The molecule has 0 radical (unpaired) electrons. The minimum Gasteiger partial charge on any atom is -0.357 e. The molecule has 2 unspecified atom stereocenters. The van der Waals surface area contributed by atoms with E-state index in [1.54, 1.807) is 0 Å². The molecule has 0 spiro atoms. The van der Waals surface area contributed by atoms with Crippen LogP contribution < -0.4 is 10.2 Å². The van der Waals surface area contributed by atoms with Crippen LogP contribution in [0.3, 0.4) is 0 Å². The molecule has 0 aromatic carbocycles. The van der Waals surface area contributed by atoms with Crippen molar-refractivity contribution in [3.8, 4) is 0 Å². The summed E-state index contributed by atoms with van der Waals surface area (Å²) in [5.41, 5.74) is 1.15. The van der Waals surface area contributed by atoms with Gasteiger partial charge in [-0.15, -0.1) is 0 Å². The van der Waals surface area contributed by atoms with E-state index in [1.807, 2.05) is 13.2 Å². The third-order valence-electron chi connectivity index (χ3n) is 2.89. The molecule has 94 valence electrons. The lowest BCUT2D eigenvalue weighted by Crippen LogP contribution is -2.41. The molecule has 1 fully saturated rings. The van der Waals surface area contributed by atoms with Gasteiger partial charge in [-0.05, 0) is 6.92 Å². The number of nitrogens with zero attached hydrogens (tertiary/aromatic N) is 3. The van der Waals surface area contributed by atoms with Gasteiger partial charge in [0, 0.05) is 42.4 Å². The first kappa shape index (κ1) is 12.5. The van der Waals surface area contributed by atoms with Crippen LogP contribution in [-0.4, -0.2) is 40.6 Å². The van der Waals surface area contributed by atoms with Crippen molar-refractivity contribution in [2.24, 2.45) is 0 Å². The Hall–Kier alpha value is -0.970. The SMILES string of the molecule is CNc1ncc(C)c(N2CC(C)SC(C)C2)n1. The Labute approximate surface area is 107 Å². The molecule has 0 saturated carbocycles. The highest BCUT2D eigenvalue weighted by Gasteiger charge is 2.24. The van der Waals surface area contributed by atoms with Crippen molar-refractivity contribution in [1.82, 2.24) is 9.97 Å². The second-order valence-electron chi connectivity index (χ2n) is 4.61. The normalized spacial score (nSPS) is 24.8. The Morgan fingerprint density at radius 2 is 2.00 bits per heavy atom. The van der Waals surface area contributed by atoms with Crippen LogP contribution in [0, 0.1) is 6.92 Å². The van der Waals surface area contributed by atoms with Crippen LogP contribution in [0.4, 0.5) is 11.8 Å². The minimum atomic E-state index is 0.658. The molecular formula is C12H20N4S. The number of thioether (sulfide) groups is 1. The summed E-state index contributed by atoms with van der Waals surface area (Å²) in [5, 5.41) is 4.32. The van der Waals surface area contributed by atoms with E-state index in [0.717, 1.165) is 24.5 Å². The van der Waals surface area contributed by atoms with Crippen LogP contribution in [0.15, 0.2) is 6.20 Å². The van der Waals surface area contributed by atoms with E-state index in [2.05, 4.69) is 52.7 Å². The van der Waals surface area contributed by atoms with Gasteiger partial charge in [0.2, 0.25) is 5.95 Å². The van der Waals surface area contributed by atoms with Crippen LogP contribution in [0.25, 0.3) is 0 Å². The maximum Gasteiger partial charge on any atom is 0.224 e. The van der Waals surface area contributed by atoms with E-state index >= 15 is 0 Å². The standard InChI is InChI=1S/C12H20N4S/c1-8-5-14-12(13-4)15-11(8)16-6-9(2)17-10(3)7-16/h5,9-10H,6-7H2,1-4H3,(H,13,14,15). The van der Waals surface area contributed by atoms with Gasteiger partial charge in [-0.3, -0.25) is 0 Å². The minimum absolute atomic E-state index is 0.658. The van der Waals surface area contributed by atoms with Crippen molar-refractivity contribution in [3.63, 3.8) is 0 Å². The van der Waals surface area contributed by atoms with E-state index < -0.39 is 0 Å². The highest BCUT2D eigenvalue weighted by atomic mass is 32.2. The maximum absolute atomic E-state index is 4.58. The first-order chi connectivity index (χ1) is 8.10. The monoisotopic (exact) mass is 252 g/mol. The lowest BCUT2D eigenvalue weighted by Gasteiger charge is -2.36. The topological polar surface area (TPSA) is 41.1 Å². The van der Waals surface area contributed by atoms with Gasteiger partial charge in [-0.1, -0.05) is 13.8 Å². The average Bonchev–Trinajstić information content (AvgIpc) is 2.28. The van der Waals surface area contributed by atoms with Crippen molar-refractivity contribution in [3.05, 3.63) is 11.8 Å². The summed E-state index contributed by atoms with van der Waals surface area (Å²) in [5.74, 6) is 1.77. The number of aromatic nitrogens is 2. The van der Waals surface area contributed by atoms with E-state index in [0.29, 0.717) is 16.4 Å². The van der Waals surface area contributed by atoms with Crippen LogP contribution in [0.1, 0.15) is 19.4 Å². The molecule has 2 atom stereocenters. The molecule has 2 heterocycles. The molecule has 1 aromatic heterocycles. The first-order valence-corrected chi connectivity index (χ1v) is 6.96. The summed E-state index contributed by atoms with van der Waals surface area (Å²) in [7, 11) is 1.85. The lowest BCUT2D eigenvalue weighted by molar-refractivity contribution is 0.715. The quantitative estimate of drug-likeness (QED) is 0.873. The Morgan fingerprint density at radius 1 is 1.35 bits per heavy atom. The smallest absolute Gasteiger partial charge is 0.224 e. The lowest BCUT2D eigenvalue weighted by atomic mass is 10.2. The average molecular weight is 252 g/mol. The maximum atomic E-state index is 4.58. The molecule has 1 aliphatic heterocycles. The third kappa shape index (κ3) is 2.83.